The molecule has 0 amide bonds. The quantitative estimate of drug-likeness (QED) is 0.811. The second-order valence-corrected chi connectivity index (χ2v) is 9.18. The molecule has 0 saturated heterocycles. The molecule has 1 spiro atoms. The molecule has 5 heteroatoms. The Hall–Kier alpha value is -0.860. The molecule has 106 valence electrons. The van der Waals surface area contributed by atoms with E-state index in [4.69, 9.17) is 0 Å². The van der Waals surface area contributed by atoms with Gasteiger partial charge >= 0.3 is 0 Å². The van der Waals surface area contributed by atoms with E-state index >= 15 is 0 Å². The van der Waals surface area contributed by atoms with Gasteiger partial charge in [-0.05, 0) is 59.2 Å². The molecule has 20 heavy (non-hydrogen) atoms. The SMILES string of the molecule is N#CC1(S(=O)(=O)c2ccccc2Br)CC2(CCCC2)C1. The van der Waals surface area contributed by atoms with E-state index < -0.39 is 14.6 Å². The molecule has 0 N–H and O–H groups in total. The van der Waals surface area contributed by atoms with Crippen LogP contribution in [0.1, 0.15) is 38.5 Å². The highest BCUT2D eigenvalue weighted by Crippen LogP contribution is 2.61. The lowest BCUT2D eigenvalue weighted by Gasteiger charge is -2.50. The molecule has 0 bridgehead atoms. The van der Waals surface area contributed by atoms with Gasteiger partial charge in [-0.25, -0.2) is 8.42 Å². The molecule has 2 aliphatic carbocycles. The fourth-order valence-electron chi connectivity index (χ4n) is 3.84. The second kappa shape index (κ2) is 4.57. The Kier molecular flexibility index (Phi) is 3.22. The summed E-state index contributed by atoms with van der Waals surface area (Å²) in [4.78, 5) is 0.245. The Morgan fingerprint density at radius 3 is 2.30 bits per heavy atom. The molecule has 0 unspecified atom stereocenters. The number of rotatable bonds is 2. The van der Waals surface area contributed by atoms with E-state index in [1.54, 1.807) is 24.3 Å². The van der Waals surface area contributed by atoms with Gasteiger partial charge in [-0.3, -0.25) is 0 Å². The van der Waals surface area contributed by atoms with Crippen molar-refractivity contribution < 1.29 is 8.42 Å². The molecule has 0 heterocycles. The lowest BCUT2D eigenvalue weighted by atomic mass is 9.61. The van der Waals surface area contributed by atoms with E-state index in [0.717, 1.165) is 25.7 Å². The average molecular weight is 354 g/mol. The number of hydrogen-bond donors (Lipinski definition) is 0. The first-order chi connectivity index (χ1) is 9.45. The van der Waals surface area contributed by atoms with Crippen LogP contribution >= 0.6 is 15.9 Å². The lowest BCUT2D eigenvalue weighted by molar-refractivity contribution is 0.113. The van der Waals surface area contributed by atoms with Crippen LogP contribution < -0.4 is 0 Å². The second-order valence-electron chi connectivity index (χ2n) is 6.10. The van der Waals surface area contributed by atoms with Crippen molar-refractivity contribution in [1.82, 2.24) is 0 Å². The fourth-order valence-corrected chi connectivity index (χ4v) is 6.88. The number of sulfone groups is 1. The van der Waals surface area contributed by atoms with Crippen LogP contribution in [0.3, 0.4) is 0 Å². The molecule has 1 aromatic rings. The molecule has 0 radical (unpaired) electrons. The van der Waals surface area contributed by atoms with Gasteiger partial charge in [0, 0.05) is 4.47 Å². The van der Waals surface area contributed by atoms with E-state index in [1.807, 2.05) is 0 Å². The van der Waals surface area contributed by atoms with Crippen LogP contribution in [0.15, 0.2) is 33.6 Å². The van der Waals surface area contributed by atoms with Crippen molar-refractivity contribution in [2.45, 2.75) is 48.2 Å². The third kappa shape index (κ3) is 1.85. The van der Waals surface area contributed by atoms with Gasteiger partial charge in [-0.2, -0.15) is 5.26 Å². The minimum atomic E-state index is -3.62. The van der Waals surface area contributed by atoms with E-state index in [9.17, 15) is 13.7 Å². The van der Waals surface area contributed by atoms with Crippen molar-refractivity contribution in [1.29, 1.82) is 5.26 Å². The average Bonchev–Trinajstić information content (AvgIpc) is 2.85. The number of benzene rings is 1. The highest BCUT2D eigenvalue weighted by atomic mass is 79.9. The Morgan fingerprint density at radius 1 is 1.15 bits per heavy atom. The van der Waals surface area contributed by atoms with E-state index in [2.05, 4.69) is 22.0 Å². The Balaban J connectivity index is 1.99. The van der Waals surface area contributed by atoms with Crippen LogP contribution in [0.5, 0.6) is 0 Å². The summed E-state index contributed by atoms with van der Waals surface area (Å²) < 4.78 is 25.1. The molecule has 2 fully saturated rings. The normalized spacial score (nSPS) is 23.2. The predicted molar refractivity (Wildman–Crippen MR) is 79.8 cm³/mol. The van der Waals surface area contributed by atoms with Gasteiger partial charge in [0.1, 0.15) is 0 Å². The monoisotopic (exact) mass is 353 g/mol. The lowest BCUT2D eigenvalue weighted by Crippen LogP contribution is -2.54. The summed E-state index contributed by atoms with van der Waals surface area (Å²) >= 11 is 3.29. The van der Waals surface area contributed by atoms with E-state index in [0.29, 0.717) is 17.3 Å². The molecular formula is C15H16BrNO2S. The maximum atomic E-state index is 12.9. The minimum Gasteiger partial charge on any atom is -0.222 e. The maximum absolute atomic E-state index is 12.9. The zero-order valence-corrected chi connectivity index (χ0v) is 13.5. The summed E-state index contributed by atoms with van der Waals surface area (Å²) in [5, 5.41) is 9.52. The van der Waals surface area contributed by atoms with Gasteiger partial charge in [0.05, 0.1) is 11.0 Å². The zero-order chi connectivity index (χ0) is 14.4. The number of hydrogen-bond acceptors (Lipinski definition) is 3. The van der Waals surface area contributed by atoms with Crippen LogP contribution in [0.2, 0.25) is 0 Å². The van der Waals surface area contributed by atoms with E-state index in [1.165, 1.54) is 0 Å². The molecule has 2 aliphatic rings. The highest BCUT2D eigenvalue weighted by molar-refractivity contribution is 9.10. The van der Waals surface area contributed by atoms with Gasteiger partial charge in [0.25, 0.3) is 0 Å². The molecule has 0 aromatic heterocycles. The Morgan fingerprint density at radius 2 is 1.75 bits per heavy atom. The Labute approximate surface area is 128 Å². The molecule has 3 rings (SSSR count). The third-order valence-corrected chi connectivity index (χ3v) is 8.13. The minimum absolute atomic E-state index is 0.115. The first-order valence-electron chi connectivity index (χ1n) is 6.85. The fraction of sp³-hybridized carbons (Fsp3) is 0.533. The van der Waals surface area contributed by atoms with Gasteiger partial charge < -0.3 is 0 Å². The summed E-state index contributed by atoms with van der Waals surface area (Å²) in [6.45, 7) is 0. The van der Waals surface area contributed by atoms with E-state index in [-0.39, 0.29) is 10.3 Å². The largest absolute Gasteiger partial charge is 0.222 e. The predicted octanol–water partition coefficient (Wildman–Crippen LogP) is 3.84. The van der Waals surface area contributed by atoms with Crippen molar-refractivity contribution in [3.8, 4) is 6.07 Å². The summed E-state index contributed by atoms with van der Waals surface area (Å²) in [6.07, 6.45) is 5.47. The van der Waals surface area contributed by atoms with Gasteiger partial charge in [0.2, 0.25) is 0 Å². The smallest absolute Gasteiger partial charge is 0.198 e. The molecule has 3 nitrogen and oxygen atoms in total. The zero-order valence-electron chi connectivity index (χ0n) is 11.1. The van der Waals surface area contributed by atoms with Gasteiger partial charge in [-0.15, -0.1) is 0 Å². The number of nitriles is 1. The molecule has 2 saturated carbocycles. The number of nitrogens with zero attached hydrogens (tertiary/aromatic N) is 1. The van der Waals surface area contributed by atoms with Crippen molar-refractivity contribution in [3.05, 3.63) is 28.7 Å². The first kappa shape index (κ1) is 14.1. The van der Waals surface area contributed by atoms with Crippen LogP contribution in [-0.2, 0) is 9.84 Å². The first-order valence-corrected chi connectivity index (χ1v) is 9.13. The summed E-state index contributed by atoms with van der Waals surface area (Å²) in [6, 6.07) is 8.90. The van der Waals surface area contributed by atoms with Crippen LogP contribution in [0.4, 0.5) is 0 Å². The van der Waals surface area contributed by atoms with Crippen LogP contribution in [0.25, 0.3) is 0 Å². The van der Waals surface area contributed by atoms with Crippen molar-refractivity contribution >= 4 is 25.8 Å². The maximum Gasteiger partial charge on any atom is 0.198 e. The molecule has 0 aliphatic heterocycles. The summed E-state index contributed by atoms with van der Waals surface area (Å²) in [5.41, 5.74) is 0.115. The van der Waals surface area contributed by atoms with Crippen molar-refractivity contribution in [3.63, 3.8) is 0 Å². The van der Waals surface area contributed by atoms with Gasteiger partial charge in [0.15, 0.2) is 14.6 Å². The molecule has 1 aromatic carbocycles. The number of halogens is 1. The summed E-state index contributed by atoms with van der Waals surface area (Å²) in [5.74, 6) is 0. The molecule has 0 atom stereocenters. The van der Waals surface area contributed by atoms with Crippen LogP contribution in [-0.4, -0.2) is 13.2 Å². The van der Waals surface area contributed by atoms with Crippen molar-refractivity contribution in [2.24, 2.45) is 5.41 Å². The molecular weight excluding hydrogens is 338 g/mol. The Bertz CT molecular complexity index is 676. The standard InChI is InChI=1S/C15H16BrNO2S/c16-12-5-1-2-6-13(12)20(18,19)15(11-17)9-14(10-15)7-3-4-8-14/h1-2,5-6H,3-4,7-10H2. The van der Waals surface area contributed by atoms with Crippen LogP contribution in [0, 0.1) is 16.7 Å². The topological polar surface area (TPSA) is 57.9 Å². The van der Waals surface area contributed by atoms with Crippen molar-refractivity contribution in [2.75, 3.05) is 0 Å². The summed E-state index contributed by atoms with van der Waals surface area (Å²) in [7, 11) is -3.62. The van der Waals surface area contributed by atoms with Gasteiger partial charge in [-0.1, -0.05) is 25.0 Å². The third-order valence-electron chi connectivity index (χ3n) is 4.83. The highest BCUT2D eigenvalue weighted by Gasteiger charge is 2.63.